The minimum atomic E-state index is -0.364. The van der Waals surface area contributed by atoms with Crippen molar-refractivity contribution in [1.82, 2.24) is 5.32 Å². The summed E-state index contributed by atoms with van der Waals surface area (Å²) in [7, 11) is 1.73. The number of nitro benzene ring substituents is 1. The van der Waals surface area contributed by atoms with Gasteiger partial charge in [-0.2, -0.15) is 0 Å². The predicted octanol–water partition coefficient (Wildman–Crippen LogP) is 2.25. The fourth-order valence-corrected chi connectivity index (χ4v) is 2.47. The van der Waals surface area contributed by atoms with Gasteiger partial charge in [0.1, 0.15) is 0 Å². The van der Waals surface area contributed by atoms with E-state index < -0.39 is 0 Å². The lowest BCUT2D eigenvalue weighted by molar-refractivity contribution is -0.384. The first kappa shape index (κ1) is 13.0. The zero-order valence-electron chi connectivity index (χ0n) is 10.5. The van der Waals surface area contributed by atoms with Crippen LogP contribution in [0.15, 0.2) is 24.3 Å². The molecule has 2 unspecified atom stereocenters. The molecule has 0 heterocycles. The average molecular weight is 250 g/mol. The predicted molar refractivity (Wildman–Crippen MR) is 68.4 cm³/mol. The molecule has 1 aliphatic rings. The molecule has 2 atom stereocenters. The van der Waals surface area contributed by atoms with Gasteiger partial charge in [-0.05, 0) is 24.8 Å². The van der Waals surface area contributed by atoms with Gasteiger partial charge in [-0.15, -0.1) is 0 Å². The minimum Gasteiger partial charge on any atom is -0.380 e. The number of ether oxygens (including phenoxy) is 1. The number of non-ortho nitro benzene ring substituents is 1. The standard InChI is InChI=1S/C13H18N2O3/c1-18-13-7-3-6-12(13)14-9-10-4-2-5-11(8-10)15(16)17/h2,4-5,8,12-14H,3,6-7,9H2,1H3. The van der Waals surface area contributed by atoms with E-state index in [1.54, 1.807) is 19.2 Å². The summed E-state index contributed by atoms with van der Waals surface area (Å²) >= 11 is 0. The van der Waals surface area contributed by atoms with Crippen molar-refractivity contribution in [3.63, 3.8) is 0 Å². The van der Waals surface area contributed by atoms with Crippen molar-refractivity contribution >= 4 is 5.69 Å². The van der Waals surface area contributed by atoms with Crippen LogP contribution < -0.4 is 5.32 Å². The lowest BCUT2D eigenvalue weighted by Gasteiger charge is -2.19. The molecule has 0 spiro atoms. The Morgan fingerprint density at radius 1 is 1.50 bits per heavy atom. The number of hydrogen-bond acceptors (Lipinski definition) is 4. The fourth-order valence-electron chi connectivity index (χ4n) is 2.47. The molecule has 1 fully saturated rings. The highest BCUT2D eigenvalue weighted by molar-refractivity contribution is 5.34. The third-order valence-corrected chi connectivity index (χ3v) is 3.45. The third kappa shape index (κ3) is 3.05. The van der Waals surface area contributed by atoms with Crippen molar-refractivity contribution in [3.05, 3.63) is 39.9 Å². The van der Waals surface area contributed by atoms with E-state index in [9.17, 15) is 10.1 Å². The van der Waals surface area contributed by atoms with Crippen molar-refractivity contribution in [3.8, 4) is 0 Å². The van der Waals surface area contributed by atoms with Gasteiger partial charge in [-0.25, -0.2) is 0 Å². The first-order valence-corrected chi connectivity index (χ1v) is 6.20. The van der Waals surface area contributed by atoms with Crippen LogP contribution in [-0.4, -0.2) is 24.2 Å². The molecule has 0 aromatic heterocycles. The monoisotopic (exact) mass is 250 g/mol. The number of rotatable bonds is 5. The van der Waals surface area contributed by atoms with Gasteiger partial charge in [-0.3, -0.25) is 10.1 Å². The summed E-state index contributed by atoms with van der Waals surface area (Å²) in [5.74, 6) is 0. The van der Waals surface area contributed by atoms with Crippen LogP contribution in [-0.2, 0) is 11.3 Å². The first-order chi connectivity index (χ1) is 8.70. The molecule has 0 bridgehead atoms. The van der Waals surface area contributed by atoms with E-state index in [1.165, 1.54) is 12.5 Å². The van der Waals surface area contributed by atoms with Crippen LogP contribution in [0, 0.1) is 10.1 Å². The Bertz CT molecular complexity index is 422. The van der Waals surface area contributed by atoms with Gasteiger partial charge >= 0.3 is 0 Å². The molecule has 98 valence electrons. The zero-order chi connectivity index (χ0) is 13.0. The maximum absolute atomic E-state index is 10.7. The highest BCUT2D eigenvalue weighted by atomic mass is 16.6. The molecule has 0 amide bonds. The fraction of sp³-hybridized carbons (Fsp3) is 0.538. The van der Waals surface area contributed by atoms with Crippen molar-refractivity contribution < 1.29 is 9.66 Å². The van der Waals surface area contributed by atoms with Crippen LogP contribution in [0.5, 0.6) is 0 Å². The number of methoxy groups -OCH3 is 1. The Hall–Kier alpha value is -1.46. The van der Waals surface area contributed by atoms with E-state index in [1.807, 2.05) is 6.07 Å². The number of nitrogens with one attached hydrogen (secondary N) is 1. The van der Waals surface area contributed by atoms with E-state index in [2.05, 4.69) is 5.32 Å². The molecule has 18 heavy (non-hydrogen) atoms. The van der Waals surface area contributed by atoms with Crippen LogP contribution in [0.1, 0.15) is 24.8 Å². The van der Waals surface area contributed by atoms with Gasteiger partial charge in [0, 0.05) is 31.8 Å². The minimum absolute atomic E-state index is 0.143. The third-order valence-electron chi connectivity index (χ3n) is 3.45. The molecular formula is C13H18N2O3. The number of benzene rings is 1. The van der Waals surface area contributed by atoms with Crippen molar-refractivity contribution in [2.75, 3.05) is 7.11 Å². The number of nitrogens with zero attached hydrogens (tertiary/aromatic N) is 1. The molecular weight excluding hydrogens is 232 g/mol. The highest BCUT2D eigenvalue weighted by Gasteiger charge is 2.26. The van der Waals surface area contributed by atoms with E-state index in [0.29, 0.717) is 12.6 Å². The zero-order valence-corrected chi connectivity index (χ0v) is 10.5. The summed E-state index contributed by atoms with van der Waals surface area (Å²) in [4.78, 5) is 10.3. The van der Waals surface area contributed by atoms with Crippen LogP contribution in [0.3, 0.4) is 0 Å². The second kappa shape index (κ2) is 5.93. The van der Waals surface area contributed by atoms with Crippen molar-refractivity contribution in [2.45, 2.75) is 38.0 Å². The Balaban J connectivity index is 1.93. The van der Waals surface area contributed by atoms with Gasteiger partial charge in [0.15, 0.2) is 0 Å². The largest absolute Gasteiger partial charge is 0.380 e. The molecule has 1 saturated carbocycles. The molecule has 0 saturated heterocycles. The first-order valence-electron chi connectivity index (χ1n) is 6.20. The maximum Gasteiger partial charge on any atom is 0.269 e. The second-order valence-electron chi connectivity index (χ2n) is 4.62. The van der Waals surface area contributed by atoms with Gasteiger partial charge < -0.3 is 10.1 Å². The summed E-state index contributed by atoms with van der Waals surface area (Å²) < 4.78 is 5.40. The quantitative estimate of drug-likeness (QED) is 0.643. The molecule has 1 aliphatic carbocycles. The van der Waals surface area contributed by atoms with Gasteiger partial charge in [0.05, 0.1) is 11.0 Å². The van der Waals surface area contributed by atoms with Crippen LogP contribution >= 0.6 is 0 Å². The molecule has 2 rings (SSSR count). The average Bonchev–Trinajstić information content (AvgIpc) is 2.84. The van der Waals surface area contributed by atoms with E-state index >= 15 is 0 Å². The molecule has 1 aromatic rings. The number of nitro groups is 1. The van der Waals surface area contributed by atoms with Crippen LogP contribution in [0.25, 0.3) is 0 Å². The van der Waals surface area contributed by atoms with Crippen molar-refractivity contribution in [1.29, 1.82) is 0 Å². The smallest absolute Gasteiger partial charge is 0.269 e. The maximum atomic E-state index is 10.7. The second-order valence-corrected chi connectivity index (χ2v) is 4.62. The lowest BCUT2D eigenvalue weighted by Crippen LogP contribution is -2.36. The van der Waals surface area contributed by atoms with Crippen LogP contribution in [0.4, 0.5) is 5.69 Å². The molecule has 5 nitrogen and oxygen atoms in total. The summed E-state index contributed by atoms with van der Waals surface area (Å²) in [5, 5.41) is 14.1. The Morgan fingerprint density at radius 3 is 3.06 bits per heavy atom. The van der Waals surface area contributed by atoms with Gasteiger partial charge in [0.25, 0.3) is 5.69 Å². The molecule has 0 aliphatic heterocycles. The summed E-state index contributed by atoms with van der Waals surface area (Å²) in [6.45, 7) is 0.645. The molecule has 1 aromatic carbocycles. The van der Waals surface area contributed by atoms with Gasteiger partial charge in [0.2, 0.25) is 0 Å². The Labute approximate surface area is 106 Å². The molecule has 0 radical (unpaired) electrons. The summed E-state index contributed by atoms with van der Waals surface area (Å²) in [6.07, 6.45) is 3.63. The van der Waals surface area contributed by atoms with Crippen LogP contribution in [0.2, 0.25) is 0 Å². The SMILES string of the molecule is COC1CCCC1NCc1cccc([N+](=O)[O-])c1. The normalized spacial score (nSPS) is 23.2. The lowest BCUT2D eigenvalue weighted by atomic mass is 10.1. The van der Waals surface area contributed by atoms with E-state index in [-0.39, 0.29) is 16.7 Å². The molecule has 5 heteroatoms. The highest BCUT2D eigenvalue weighted by Crippen LogP contribution is 2.22. The topological polar surface area (TPSA) is 64.4 Å². The van der Waals surface area contributed by atoms with Crippen molar-refractivity contribution in [2.24, 2.45) is 0 Å². The summed E-state index contributed by atoms with van der Waals surface area (Å²) in [5.41, 5.74) is 1.08. The summed E-state index contributed by atoms with van der Waals surface area (Å²) in [6, 6.07) is 7.10. The van der Waals surface area contributed by atoms with E-state index in [0.717, 1.165) is 18.4 Å². The van der Waals surface area contributed by atoms with Gasteiger partial charge in [-0.1, -0.05) is 12.1 Å². The molecule has 1 N–H and O–H groups in total. The Morgan fingerprint density at radius 2 is 2.33 bits per heavy atom. The number of hydrogen-bond donors (Lipinski definition) is 1. The van der Waals surface area contributed by atoms with E-state index in [4.69, 9.17) is 4.74 Å². The Kier molecular flexibility index (Phi) is 4.28.